The van der Waals surface area contributed by atoms with Crippen LogP contribution in [-0.2, 0) is 12.0 Å². The summed E-state index contributed by atoms with van der Waals surface area (Å²) in [7, 11) is 0. The second-order valence-corrected chi connectivity index (χ2v) is 6.45. The van der Waals surface area contributed by atoms with Crippen molar-refractivity contribution in [1.82, 2.24) is 10.3 Å². The van der Waals surface area contributed by atoms with Crippen LogP contribution in [0.2, 0.25) is 0 Å². The average molecular weight is 304 g/mol. The van der Waals surface area contributed by atoms with E-state index in [4.69, 9.17) is 10.9 Å². The van der Waals surface area contributed by atoms with Gasteiger partial charge in [-0.05, 0) is 29.1 Å². The van der Waals surface area contributed by atoms with Gasteiger partial charge in [-0.2, -0.15) is 0 Å². The van der Waals surface area contributed by atoms with E-state index < -0.39 is 0 Å². The molecular formula is C15H20N4OS. The minimum Gasteiger partial charge on any atom is -0.409 e. The van der Waals surface area contributed by atoms with Gasteiger partial charge in [0, 0.05) is 29.6 Å². The molecule has 0 radical (unpaired) electrons. The second-order valence-electron chi connectivity index (χ2n) is 5.50. The van der Waals surface area contributed by atoms with Crippen LogP contribution in [0.4, 0.5) is 0 Å². The van der Waals surface area contributed by atoms with Crippen LogP contribution in [0.15, 0.2) is 41.0 Å². The van der Waals surface area contributed by atoms with Gasteiger partial charge in [0.15, 0.2) is 5.84 Å². The first-order chi connectivity index (χ1) is 10.0. The molecule has 0 aliphatic rings. The summed E-state index contributed by atoms with van der Waals surface area (Å²) in [5.74, 6) is 0.0239. The van der Waals surface area contributed by atoms with Crippen molar-refractivity contribution in [3.8, 4) is 0 Å². The van der Waals surface area contributed by atoms with Crippen LogP contribution in [0.5, 0.6) is 0 Å². The third-order valence-electron chi connectivity index (χ3n) is 3.28. The number of hydrogen-bond acceptors (Lipinski definition) is 5. The number of hydrogen-bond donors (Lipinski definition) is 3. The second kappa shape index (κ2) is 6.69. The molecule has 0 fully saturated rings. The number of amidine groups is 1. The van der Waals surface area contributed by atoms with Crippen LogP contribution in [0.25, 0.3) is 0 Å². The molecule has 0 saturated heterocycles. The van der Waals surface area contributed by atoms with Gasteiger partial charge >= 0.3 is 0 Å². The zero-order chi connectivity index (χ0) is 15.3. The molecule has 0 aliphatic carbocycles. The van der Waals surface area contributed by atoms with Crippen molar-refractivity contribution in [3.63, 3.8) is 0 Å². The average Bonchev–Trinajstić information content (AvgIpc) is 3.01. The number of oxime groups is 1. The summed E-state index contributed by atoms with van der Waals surface area (Å²) >= 11 is 1.78. The Morgan fingerprint density at radius 1 is 1.48 bits per heavy atom. The maximum Gasteiger partial charge on any atom is 0.188 e. The minimum atomic E-state index is 0.0239. The zero-order valence-electron chi connectivity index (χ0n) is 12.2. The number of nitrogens with two attached hydrogens (primary N) is 1. The highest BCUT2D eigenvalue weighted by atomic mass is 32.1. The van der Waals surface area contributed by atoms with Crippen LogP contribution >= 0.6 is 11.3 Å². The van der Waals surface area contributed by atoms with E-state index in [1.807, 2.05) is 12.1 Å². The Balaban J connectivity index is 1.95. The largest absolute Gasteiger partial charge is 0.409 e. The maximum absolute atomic E-state index is 8.68. The van der Waals surface area contributed by atoms with Gasteiger partial charge in [-0.3, -0.25) is 4.98 Å². The zero-order valence-corrected chi connectivity index (χ0v) is 13.0. The number of aromatic nitrogens is 1. The lowest BCUT2D eigenvalue weighted by Gasteiger charge is -2.23. The number of nitrogens with one attached hydrogen (secondary N) is 1. The summed E-state index contributed by atoms with van der Waals surface area (Å²) < 4.78 is 0. The Labute approximate surface area is 128 Å². The molecule has 2 aromatic heterocycles. The molecule has 4 N–H and O–H groups in total. The highest BCUT2D eigenvalue weighted by Gasteiger charge is 2.20. The maximum atomic E-state index is 8.68. The highest BCUT2D eigenvalue weighted by Crippen LogP contribution is 2.26. The first kappa shape index (κ1) is 15.5. The first-order valence-corrected chi connectivity index (χ1v) is 7.58. The summed E-state index contributed by atoms with van der Waals surface area (Å²) in [5, 5.41) is 17.2. The lowest BCUT2D eigenvalue weighted by Crippen LogP contribution is -2.32. The molecule has 0 unspecified atom stereocenters. The molecule has 5 nitrogen and oxygen atoms in total. The van der Waals surface area contributed by atoms with Gasteiger partial charge in [-0.1, -0.05) is 25.1 Å². The predicted octanol–water partition coefficient (Wildman–Crippen LogP) is 2.30. The Hall–Kier alpha value is -1.92. The van der Waals surface area contributed by atoms with Gasteiger partial charge in [0.2, 0.25) is 0 Å². The molecule has 6 heteroatoms. The van der Waals surface area contributed by atoms with Crippen molar-refractivity contribution in [1.29, 1.82) is 0 Å². The van der Waals surface area contributed by atoms with Crippen LogP contribution in [0.1, 0.15) is 30.0 Å². The van der Waals surface area contributed by atoms with Gasteiger partial charge in [0.1, 0.15) is 5.69 Å². The van der Waals surface area contributed by atoms with Crippen molar-refractivity contribution in [2.24, 2.45) is 10.9 Å². The fraction of sp³-hybridized carbons (Fsp3) is 0.333. The molecule has 2 rings (SSSR count). The standard InChI is InChI=1S/C15H20N4OS/c1-15(2,13-4-3-7-21-13)10-17-9-11-5-6-18-12(8-11)14(16)19-20/h3-8,17,20H,9-10H2,1-2H3,(H2,16,19). The van der Waals surface area contributed by atoms with E-state index >= 15 is 0 Å². The van der Waals surface area contributed by atoms with Gasteiger partial charge in [0.25, 0.3) is 0 Å². The van der Waals surface area contributed by atoms with E-state index in [1.165, 1.54) is 4.88 Å². The number of rotatable bonds is 6. The summed E-state index contributed by atoms with van der Waals surface area (Å²) in [6, 6.07) is 7.97. The van der Waals surface area contributed by atoms with Gasteiger partial charge in [0.05, 0.1) is 0 Å². The molecule has 0 atom stereocenters. The Kier molecular flexibility index (Phi) is 4.93. The molecule has 0 amide bonds. The topological polar surface area (TPSA) is 83.5 Å². The van der Waals surface area contributed by atoms with E-state index in [-0.39, 0.29) is 11.3 Å². The Morgan fingerprint density at radius 3 is 2.95 bits per heavy atom. The van der Waals surface area contributed by atoms with Crippen molar-refractivity contribution >= 4 is 17.2 Å². The van der Waals surface area contributed by atoms with E-state index in [1.54, 1.807) is 17.5 Å². The van der Waals surface area contributed by atoms with E-state index in [0.717, 1.165) is 12.1 Å². The molecule has 0 bridgehead atoms. The molecule has 112 valence electrons. The molecule has 0 aromatic carbocycles. The summed E-state index contributed by atoms with van der Waals surface area (Å²) in [6.45, 7) is 6.03. The monoisotopic (exact) mass is 304 g/mol. The molecule has 0 spiro atoms. The fourth-order valence-electron chi connectivity index (χ4n) is 2.05. The Morgan fingerprint density at radius 2 is 2.29 bits per heavy atom. The number of nitrogens with zero attached hydrogens (tertiary/aromatic N) is 2. The first-order valence-electron chi connectivity index (χ1n) is 6.70. The fourth-order valence-corrected chi connectivity index (χ4v) is 2.90. The van der Waals surface area contributed by atoms with Crippen molar-refractivity contribution in [2.75, 3.05) is 6.54 Å². The van der Waals surface area contributed by atoms with Crippen LogP contribution < -0.4 is 11.1 Å². The van der Waals surface area contributed by atoms with E-state index in [9.17, 15) is 0 Å². The summed E-state index contributed by atoms with van der Waals surface area (Å²) in [5.41, 5.74) is 7.17. The van der Waals surface area contributed by atoms with Gasteiger partial charge < -0.3 is 16.3 Å². The van der Waals surface area contributed by atoms with Crippen LogP contribution in [0.3, 0.4) is 0 Å². The lowest BCUT2D eigenvalue weighted by molar-refractivity contribution is 0.318. The summed E-state index contributed by atoms with van der Waals surface area (Å²) in [6.07, 6.45) is 1.66. The molecule has 2 aromatic rings. The normalized spacial score (nSPS) is 12.6. The third-order valence-corrected chi connectivity index (χ3v) is 4.51. The van der Waals surface area contributed by atoms with E-state index in [0.29, 0.717) is 12.2 Å². The van der Waals surface area contributed by atoms with Crippen LogP contribution in [0, 0.1) is 0 Å². The number of thiophene rings is 1. The van der Waals surface area contributed by atoms with Crippen molar-refractivity contribution < 1.29 is 5.21 Å². The third kappa shape index (κ3) is 4.03. The smallest absolute Gasteiger partial charge is 0.188 e. The SMILES string of the molecule is CC(C)(CNCc1ccnc(/C(N)=N/O)c1)c1cccs1. The molecule has 0 aliphatic heterocycles. The number of pyridine rings is 1. The van der Waals surface area contributed by atoms with Crippen molar-refractivity contribution in [3.05, 3.63) is 52.0 Å². The van der Waals surface area contributed by atoms with E-state index in [2.05, 4.69) is 46.8 Å². The summed E-state index contributed by atoms with van der Waals surface area (Å²) in [4.78, 5) is 5.43. The predicted molar refractivity (Wildman–Crippen MR) is 85.8 cm³/mol. The highest BCUT2D eigenvalue weighted by molar-refractivity contribution is 7.10. The van der Waals surface area contributed by atoms with Crippen LogP contribution in [-0.4, -0.2) is 22.6 Å². The Bertz CT molecular complexity index is 608. The van der Waals surface area contributed by atoms with Gasteiger partial charge in [-0.15, -0.1) is 11.3 Å². The lowest BCUT2D eigenvalue weighted by atomic mass is 9.91. The van der Waals surface area contributed by atoms with Crippen molar-refractivity contribution in [2.45, 2.75) is 25.8 Å². The quantitative estimate of drug-likeness (QED) is 0.331. The molecule has 2 heterocycles. The molecular weight excluding hydrogens is 284 g/mol. The van der Waals surface area contributed by atoms with Gasteiger partial charge in [-0.25, -0.2) is 0 Å². The molecule has 0 saturated carbocycles. The minimum absolute atomic E-state index is 0.0239. The molecule has 21 heavy (non-hydrogen) atoms.